The minimum Gasteiger partial charge on any atom is -0.274 e. The lowest BCUT2D eigenvalue weighted by Crippen LogP contribution is -2.53. The van der Waals surface area contributed by atoms with Gasteiger partial charge >= 0.3 is 0 Å². The normalized spacial score (nSPS) is 24.6. The molecule has 0 radical (unpaired) electrons. The number of nitrogens with zero attached hydrogens (tertiary/aromatic N) is 2. The van der Waals surface area contributed by atoms with Crippen molar-refractivity contribution in [3.05, 3.63) is 0 Å². The summed E-state index contributed by atoms with van der Waals surface area (Å²) in [4.78, 5) is 25.9. The van der Waals surface area contributed by atoms with Gasteiger partial charge in [-0.25, -0.2) is 0 Å². The fourth-order valence-corrected chi connectivity index (χ4v) is 3.48. The predicted molar refractivity (Wildman–Crippen MR) is 70.8 cm³/mol. The molecule has 1 saturated heterocycles. The molecule has 4 heteroatoms. The van der Waals surface area contributed by atoms with Crippen LogP contribution < -0.4 is 0 Å². The lowest BCUT2D eigenvalue weighted by molar-refractivity contribution is -0.157. The van der Waals surface area contributed by atoms with E-state index in [2.05, 4.69) is 6.07 Å². The van der Waals surface area contributed by atoms with Crippen LogP contribution >= 0.6 is 0 Å². The van der Waals surface area contributed by atoms with Crippen LogP contribution in [0.4, 0.5) is 0 Å². The first-order chi connectivity index (χ1) is 8.99. The number of hydrogen-bond acceptors (Lipinski definition) is 3. The summed E-state index contributed by atoms with van der Waals surface area (Å²) in [6.07, 6.45) is 6.31. The molecule has 1 unspecified atom stereocenters. The van der Waals surface area contributed by atoms with E-state index in [-0.39, 0.29) is 23.1 Å². The third-order valence-corrected chi connectivity index (χ3v) is 4.55. The van der Waals surface area contributed by atoms with Crippen LogP contribution in [-0.4, -0.2) is 22.8 Å². The molecular formula is C15H22N2O2. The summed E-state index contributed by atoms with van der Waals surface area (Å²) in [5.74, 6) is -0.296. The number of piperidine rings is 1. The number of amides is 2. The van der Waals surface area contributed by atoms with Crippen molar-refractivity contribution in [3.8, 4) is 6.07 Å². The summed E-state index contributed by atoms with van der Waals surface area (Å²) < 4.78 is 0. The molecule has 0 bridgehead atoms. The van der Waals surface area contributed by atoms with Crippen molar-refractivity contribution in [3.63, 3.8) is 0 Å². The third-order valence-electron chi connectivity index (χ3n) is 4.55. The van der Waals surface area contributed by atoms with Crippen LogP contribution in [0.2, 0.25) is 0 Å². The summed E-state index contributed by atoms with van der Waals surface area (Å²) in [6, 6.07) is 1.50. The fraction of sp³-hybridized carbons (Fsp3) is 0.800. The van der Waals surface area contributed by atoms with Crippen LogP contribution in [0.3, 0.4) is 0 Å². The molecule has 104 valence electrons. The molecule has 0 aromatic carbocycles. The van der Waals surface area contributed by atoms with E-state index < -0.39 is 6.04 Å². The highest BCUT2D eigenvalue weighted by molar-refractivity contribution is 5.99. The van der Waals surface area contributed by atoms with Crippen molar-refractivity contribution in [2.45, 2.75) is 64.8 Å². The standard InChI is InChI=1S/C15H22N2O2/c1-11(2)12(10-16)17-13(18)8-15(9-14(17)19)6-4-3-5-7-15/h11-12H,3-9H2,1-2H3. The predicted octanol–water partition coefficient (Wildman–Crippen LogP) is 2.63. The van der Waals surface area contributed by atoms with Gasteiger partial charge < -0.3 is 0 Å². The topological polar surface area (TPSA) is 61.2 Å². The Hall–Kier alpha value is -1.37. The first kappa shape index (κ1) is 14.0. The Bertz CT molecular complexity index is 396. The quantitative estimate of drug-likeness (QED) is 0.719. The van der Waals surface area contributed by atoms with E-state index in [1.807, 2.05) is 13.8 Å². The number of likely N-dealkylation sites (tertiary alicyclic amines) is 1. The maximum absolute atomic E-state index is 12.3. The van der Waals surface area contributed by atoms with Crippen LogP contribution in [-0.2, 0) is 9.59 Å². The van der Waals surface area contributed by atoms with E-state index in [1.54, 1.807) is 0 Å². The lowest BCUT2D eigenvalue weighted by atomic mass is 9.67. The Morgan fingerprint density at radius 2 is 1.63 bits per heavy atom. The van der Waals surface area contributed by atoms with Gasteiger partial charge in [0.25, 0.3) is 0 Å². The molecule has 2 aliphatic rings. The van der Waals surface area contributed by atoms with Crippen molar-refractivity contribution in [1.29, 1.82) is 5.26 Å². The van der Waals surface area contributed by atoms with E-state index in [0.29, 0.717) is 12.8 Å². The minimum absolute atomic E-state index is 0.0155. The lowest BCUT2D eigenvalue weighted by Gasteiger charge is -2.43. The number of imide groups is 1. The van der Waals surface area contributed by atoms with Crippen molar-refractivity contribution in [2.24, 2.45) is 11.3 Å². The number of carbonyl (C=O) groups excluding carboxylic acids is 2. The van der Waals surface area contributed by atoms with Gasteiger partial charge in [-0.3, -0.25) is 14.5 Å². The molecule has 1 spiro atoms. The smallest absolute Gasteiger partial charge is 0.230 e. The highest BCUT2D eigenvalue weighted by Gasteiger charge is 2.46. The molecule has 2 fully saturated rings. The summed E-state index contributed by atoms with van der Waals surface area (Å²) in [5.41, 5.74) is -0.0973. The summed E-state index contributed by atoms with van der Waals surface area (Å²) in [7, 11) is 0. The Balaban J connectivity index is 2.17. The Morgan fingerprint density at radius 3 is 2.05 bits per heavy atom. The second-order valence-corrected chi connectivity index (χ2v) is 6.39. The van der Waals surface area contributed by atoms with Crippen LogP contribution in [0.5, 0.6) is 0 Å². The molecule has 1 heterocycles. The molecule has 1 atom stereocenters. The molecule has 4 nitrogen and oxygen atoms in total. The average molecular weight is 262 g/mol. The van der Waals surface area contributed by atoms with Gasteiger partial charge in [-0.15, -0.1) is 0 Å². The maximum atomic E-state index is 12.3. The van der Waals surface area contributed by atoms with Gasteiger partial charge in [0.05, 0.1) is 6.07 Å². The number of carbonyl (C=O) groups is 2. The van der Waals surface area contributed by atoms with Gasteiger partial charge in [0, 0.05) is 12.8 Å². The highest BCUT2D eigenvalue weighted by atomic mass is 16.2. The molecule has 0 aromatic rings. The van der Waals surface area contributed by atoms with Gasteiger partial charge in [-0.2, -0.15) is 5.26 Å². The van der Waals surface area contributed by atoms with Crippen molar-refractivity contribution in [2.75, 3.05) is 0 Å². The zero-order valence-electron chi connectivity index (χ0n) is 11.8. The molecule has 2 rings (SSSR count). The van der Waals surface area contributed by atoms with Gasteiger partial charge in [-0.05, 0) is 24.2 Å². The summed E-state index contributed by atoms with van der Waals surface area (Å²) in [5, 5.41) is 9.19. The second kappa shape index (κ2) is 5.32. The second-order valence-electron chi connectivity index (χ2n) is 6.39. The van der Waals surface area contributed by atoms with Crippen LogP contribution in [0.1, 0.15) is 58.8 Å². The van der Waals surface area contributed by atoms with Crippen LogP contribution in [0.25, 0.3) is 0 Å². The Kier molecular flexibility index (Phi) is 3.93. The van der Waals surface area contributed by atoms with Crippen molar-refractivity contribution in [1.82, 2.24) is 4.90 Å². The maximum Gasteiger partial charge on any atom is 0.230 e. The molecule has 2 amide bonds. The molecular weight excluding hydrogens is 240 g/mol. The van der Waals surface area contributed by atoms with Gasteiger partial charge in [0.1, 0.15) is 6.04 Å². The van der Waals surface area contributed by atoms with Crippen LogP contribution in [0, 0.1) is 22.7 Å². The van der Waals surface area contributed by atoms with Crippen molar-refractivity contribution < 1.29 is 9.59 Å². The zero-order chi connectivity index (χ0) is 14.0. The minimum atomic E-state index is -0.610. The Morgan fingerprint density at radius 1 is 1.11 bits per heavy atom. The fourth-order valence-electron chi connectivity index (χ4n) is 3.48. The first-order valence-electron chi connectivity index (χ1n) is 7.24. The molecule has 1 aliphatic heterocycles. The van der Waals surface area contributed by atoms with Crippen molar-refractivity contribution >= 4 is 11.8 Å². The van der Waals surface area contributed by atoms with E-state index in [9.17, 15) is 14.9 Å². The third kappa shape index (κ3) is 2.65. The Labute approximate surface area is 114 Å². The van der Waals surface area contributed by atoms with Gasteiger partial charge in [-0.1, -0.05) is 33.1 Å². The molecule has 1 aliphatic carbocycles. The number of rotatable bonds is 2. The molecule has 0 aromatic heterocycles. The van der Waals surface area contributed by atoms with E-state index in [4.69, 9.17) is 0 Å². The molecule has 0 N–H and O–H groups in total. The SMILES string of the molecule is CC(C)C(C#N)N1C(=O)CC2(CCCCC2)CC1=O. The van der Waals surface area contributed by atoms with Gasteiger partial charge in [0.15, 0.2) is 0 Å². The largest absolute Gasteiger partial charge is 0.274 e. The van der Waals surface area contributed by atoms with E-state index in [1.165, 1.54) is 11.3 Å². The summed E-state index contributed by atoms with van der Waals surface area (Å²) >= 11 is 0. The van der Waals surface area contributed by atoms with E-state index in [0.717, 1.165) is 25.7 Å². The number of hydrogen-bond donors (Lipinski definition) is 0. The summed E-state index contributed by atoms with van der Waals surface area (Å²) in [6.45, 7) is 3.75. The monoisotopic (exact) mass is 262 g/mol. The highest BCUT2D eigenvalue weighted by Crippen LogP contribution is 2.45. The van der Waals surface area contributed by atoms with Crippen LogP contribution in [0.15, 0.2) is 0 Å². The number of nitriles is 1. The molecule has 1 saturated carbocycles. The first-order valence-corrected chi connectivity index (χ1v) is 7.24. The van der Waals surface area contributed by atoms with Gasteiger partial charge in [0.2, 0.25) is 11.8 Å². The van der Waals surface area contributed by atoms with E-state index >= 15 is 0 Å². The average Bonchev–Trinajstić information content (AvgIpc) is 2.34. The zero-order valence-corrected chi connectivity index (χ0v) is 11.8. The molecule has 19 heavy (non-hydrogen) atoms.